The monoisotopic (exact) mass is 497 g/mol. The van der Waals surface area contributed by atoms with Gasteiger partial charge >= 0.3 is 12.1 Å². The third-order valence-corrected chi connectivity index (χ3v) is 6.01. The molecule has 4 heterocycles. The van der Waals surface area contributed by atoms with Crippen LogP contribution < -0.4 is 16.0 Å². The third kappa shape index (κ3) is 4.93. The van der Waals surface area contributed by atoms with Gasteiger partial charge in [-0.05, 0) is 36.4 Å². The van der Waals surface area contributed by atoms with Crippen LogP contribution in [0.3, 0.4) is 0 Å². The predicted octanol–water partition coefficient (Wildman–Crippen LogP) is 1.70. The molecule has 15 heteroatoms. The van der Waals surface area contributed by atoms with E-state index in [4.69, 9.17) is 10.5 Å². The van der Waals surface area contributed by atoms with E-state index in [2.05, 4.69) is 20.6 Å². The van der Waals surface area contributed by atoms with Crippen LogP contribution in [0.4, 0.5) is 24.0 Å². The highest BCUT2D eigenvalue weighted by Gasteiger charge is 2.38. The van der Waals surface area contributed by atoms with Gasteiger partial charge in [-0.2, -0.15) is 17.7 Å². The lowest BCUT2D eigenvalue weighted by Gasteiger charge is -2.31. The second-order valence-corrected chi connectivity index (χ2v) is 8.34. The molecule has 0 bridgehead atoms. The summed E-state index contributed by atoms with van der Waals surface area (Å²) in [4.78, 5) is 37.5. The van der Waals surface area contributed by atoms with E-state index in [1.165, 1.54) is 18.2 Å². The first-order valence-corrected chi connectivity index (χ1v) is 10.9. The topological polar surface area (TPSA) is 145 Å². The van der Waals surface area contributed by atoms with E-state index >= 15 is 0 Å². The molecular weight excluding hydrogens is 479 g/mol. The number of primary amides is 1. The number of amides is 2. The average Bonchev–Trinajstić information content (AvgIpc) is 3.44. The van der Waals surface area contributed by atoms with Crippen LogP contribution in [0, 0.1) is 5.92 Å². The molecule has 1 saturated heterocycles. The number of fused-ring (bicyclic) bond motifs is 1. The fourth-order valence-electron chi connectivity index (χ4n) is 3.49. The number of hydrogen-bond donors (Lipinski definition) is 2. The number of hydrogen-bond acceptors (Lipinski definition) is 9. The Morgan fingerprint density at radius 3 is 2.59 bits per heavy atom. The second kappa shape index (κ2) is 9.24. The maximum atomic E-state index is 13.1. The summed E-state index contributed by atoms with van der Waals surface area (Å²) < 4.78 is 45.0. The molecule has 0 atom stereocenters. The van der Waals surface area contributed by atoms with Crippen LogP contribution >= 0.6 is 11.3 Å². The molecule has 3 aromatic rings. The van der Waals surface area contributed by atoms with Crippen molar-refractivity contribution in [3.05, 3.63) is 35.0 Å². The molecule has 3 aromatic heterocycles. The van der Waals surface area contributed by atoms with Gasteiger partial charge in [0.1, 0.15) is 10.8 Å². The first-order chi connectivity index (χ1) is 16.1. The van der Waals surface area contributed by atoms with E-state index in [9.17, 15) is 27.6 Å². The second-order valence-electron chi connectivity index (χ2n) is 7.43. The van der Waals surface area contributed by atoms with E-state index in [0.29, 0.717) is 36.3 Å². The summed E-state index contributed by atoms with van der Waals surface area (Å²) in [5.41, 5.74) is 5.36. The van der Waals surface area contributed by atoms with Crippen LogP contribution in [0.1, 0.15) is 29.0 Å². The maximum absolute atomic E-state index is 13.1. The van der Waals surface area contributed by atoms with E-state index < -0.39 is 42.3 Å². The maximum Gasteiger partial charge on any atom is 0.453 e. The number of anilines is 2. The van der Waals surface area contributed by atoms with Crippen molar-refractivity contribution in [1.82, 2.24) is 19.8 Å². The fraction of sp³-hybridized carbons (Fsp3) is 0.368. The molecule has 0 unspecified atom stereocenters. The number of piperidine rings is 1. The average molecular weight is 497 g/mol. The number of ether oxygens (including phenoxy) is 1. The SMILES string of the molecule is NC(=O)c1ccsc1NC(=O)COC(=O)C1CCN(c2ccc3nnc(C(F)(F)F)n3n2)CC1. The van der Waals surface area contributed by atoms with Crippen LogP contribution in [0.5, 0.6) is 0 Å². The minimum Gasteiger partial charge on any atom is -0.455 e. The van der Waals surface area contributed by atoms with Gasteiger partial charge in [0.05, 0.1) is 11.5 Å². The molecule has 180 valence electrons. The Bertz CT molecular complexity index is 1230. The number of nitrogens with two attached hydrogens (primary N) is 1. The molecule has 0 saturated carbocycles. The number of carbonyl (C=O) groups excluding carboxylic acids is 3. The highest BCUT2D eigenvalue weighted by Crippen LogP contribution is 2.29. The molecule has 0 aliphatic carbocycles. The van der Waals surface area contributed by atoms with Crippen LogP contribution in [0.25, 0.3) is 5.65 Å². The van der Waals surface area contributed by atoms with Crippen molar-refractivity contribution in [1.29, 1.82) is 0 Å². The molecule has 4 rings (SSSR count). The molecule has 1 aliphatic heterocycles. The van der Waals surface area contributed by atoms with Crippen molar-refractivity contribution < 1.29 is 32.3 Å². The van der Waals surface area contributed by atoms with Gasteiger partial charge in [-0.15, -0.1) is 26.6 Å². The molecule has 0 spiro atoms. The molecule has 34 heavy (non-hydrogen) atoms. The van der Waals surface area contributed by atoms with Gasteiger partial charge in [-0.25, -0.2) is 0 Å². The summed E-state index contributed by atoms with van der Waals surface area (Å²) in [6.45, 7) is 0.178. The molecular formula is C19H18F3N7O4S. The van der Waals surface area contributed by atoms with E-state index in [1.807, 2.05) is 0 Å². The van der Waals surface area contributed by atoms with Crippen LogP contribution in [0.15, 0.2) is 23.6 Å². The standard InChI is InChI=1S/C19H18F3N7O4S/c20-19(21,22)18-26-25-12-1-2-13(27-29(12)18)28-6-3-10(4-7-28)17(32)33-9-14(30)24-16-11(15(23)31)5-8-34-16/h1-2,5,8,10H,3-4,6-7,9H2,(H2,23,31)(H,24,30). The van der Waals surface area contributed by atoms with Crippen molar-refractivity contribution >= 4 is 45.6 Å². The minimum absolute atomic E-state index is 0.0293. The molecule has 0 radical (unpaired) electrons. The fourth-order valence-corrected chi connectivity index (χ4v) is 4.29. The summed E-state index contributed by atoms with van der Waals surface area (Å²) >= 11 is 1.11. The zero-order valence-electron chi connectivity index (χ0n) is 17.4. The Kier molecular flexibility index (Phi) is 6.37. The number of alkyl halides is 3. The van der Waals surface area contributed by atoms with Gasteiger partial charge < -0.3 is 20.7 Å². The third-order valence-electron chi connectivity index (χ3n) is 5.18. The molecule has 1 fully saturated rings. The van der Waals surface area contributed by atoms with Crippen molar-refractivity contribution in [2.24, 2.45) is 11.7 Å². The summed E-state index contributed by atoms with van der Waals surface area (Å²) in [5.74, 6) is -3.25. The van der Waals surface area contributed by atoms with Crippen molar-refractivity contribution in [3.8, 4) is 0 Å². The van der Waals surface area contributed by atoms with Gasteiger partial charge in [0, 0.05) is 13.1 Å². The Labute approximate surface area is 193 Å². The van der Waals surface area contributed by atoms with Gasteiger partial charge in [0.15, 0.2) is 12.3 Å². The number of carbonyl (C=O) groups is 3. The van der Waals surface area contributed by atoms with Crippen molar-refractivity contribution in [2.75, 3.05) is 29.9 Å². The van der Waals surface area contributed by atoms with Crippen LogP contribution in [-0.2, 0) is 20.5 Å². The number of rotatable bonds is 6. The number of esters is 1. The van der Waals surface area contributed by atoms with E-state index in [1.54, 1.807) is 10.3 Å². The summed E-state index contributed by atoms with van der Waals surface area (Å²) in [6, 6.07) is 4.40. The number of nitrogens with zero attached hydrogens (tertiary/aromatic N) is 5. The number of thiophene rings is 1. The lowest BCUT2D eigenvalue weighted by Crippen LogP contribution is -2.38. The molecule has 11 nitrogen and oxygen atoms in total. The minimum atomic E-state index is -4.70. The van der Waals surface area contributed by atoms with E-state index in [0.717, 1.165) is 11.3 Å². The zero-order chi connectivity index (χ0) is 24.5. The van der Waals surface area contributed by atoms with Crippen molar-refractivity contribution in [2.45, 2.75) is 19.0 Å². The van der Waals surface area contributed by atoms with Gasteiger partial charge in [-0.3, -0.25) is 14.4 Å². The number of aromatic nitrogens is 4. The first-order valence-electron chi connectivity index (χ1n) is 10.0. The smallest absolute Gasteiger partial charge is 0.453 e. The van der Waals surface area contributed by atoms with Gasteiger partial charge in [0.2, 0.25) is 0 Å². The van der Waals surface area contributed by atoms with Crippen molar-refractivity contribution in [3.63, 3.8) is 0 Å². The van der Waals surface area contributed by atoms with E-state index in [-0.39, 0.29) is 16.2 Å². The lowest BCUT2D eigenvalue weighted by molar-refractivity contribution is -0.152. The molecule has 1 aliphatic rings. The number of nitrogens with one attached hydrogen (secondary N) is 1. The lowest BCUT2D eigenvalue weighted by atomic mass is 9.97. The van der Waals surface area contributed by atoms with Crippen LogP contribution in [0.2, 0.25) is 0 Å². The quantitative estimate of drug-likeness (QED) is 0.490. The highest BCUT2D eigenvalue weighted by molar-refractivity contribution is 7.14. The largest absolute Gasteiger partial charge is 0.455 e. The molecule has 3 N–H and O–H groups in total. The predicted molar refractivity (Wildman–Crippen MR) is 113 cm³/mol. The van der Waals surface area contributed by atoms with Gasteiger partial charge in [-0.1, -0.05) is 0 Å². The first kappa shape index (κ1) is 23.4. The highest BCUT2D eigenvalue weighted by atomic mass is 32.1. The molecule has 0 aromatic carbocycles. The zero-order valence-corrected chi connectivity index (χ0v) is 18.2. The number of halogens is 3. The Balaban J connectivity index is 1.30. The Hall–Kier alpha value is -3.75. The molecule has 2 amide bonds. The summed E-state index contributed by atoms with van der Waals surface area (Å²) in [5, 5.41) is 15.0. The summed E-state index contributed by atoms with van der Waals surface area (Å²) in [7, 11) is 0. The normalized spacial score (nSPS) is 14.9. The van der Waals surface area contributed by atoms with Gasteiger partial charge in [0.25, 0.3) is 17.6 Å². The Morgan fingerprint density at radius 1 is 1.18 bits per heavy atom. The van der Waals surface area contributed by atoms with Crippen LogP contribution in [-0.4, -0.2) is 57.3 Å². The Morgan fingerprint density at radius 2 is 1.91 bits per heavy atom. The summed E-state index contributed by atoms with van der Waals surface area (Å²) in [6.07, 6.45) is -3.96.